The fourth-order valence-electron chi connectivity index (χ4n) is 1.16. The molecule has 0 bridgehead atoms. The lowest BCUT2D eigenvalue weighted by Gasteiger charge is -2.13. The van der Waals surface area contributed by atoms with Gasteiger partial charge in [-0.1, -0.05) is 22.0 Å². The minimum Gasteiger partial charge on any atom is -0.490 e. The van der Waals surface area contributed by atoms with Crippen LogP contribution in [-0.4, -0.2) is 13.3 Å². The number of hydrogen-bond donors (Lipinski definition) is 1. The van der Waals surface area contributed by atoms with Crippen LogP contribution in [0.25, 0.3) is 0 Å². The molecule has 78 valence electrons. The van der Waals surface area contributed by atoms with Gasteiger partial charge in [-0.2, -0.15) is 0 Å². The van der Waals surface area contributed by atoms with Crippen LogP contribution in [0.4, 0.5) is 4.39 Å². The number of nitrogens with two attached hydrogens (primary N) is 1. The van der Waals surface area contributed by atoms with Crippen LogP contribution in [0.1, 0.15) is 18.5 Å². The van der Waals surface area contributed by atoms with Crippen molar-refractivity contribution < 1.29 is 9.13 Å². The average molecular weight is 262 g/mol. The van der Waals surface area contributed by atoms with E-state index in [1.807, 2.05) is 19.1 Å². The van der Waals surface area contributed by atoms with Crippen molar-refractivity contribution in [3.63, 3.8) is 0 Å². The fraction of sp³-hybridized carbons (Fsp3) is 0.400. The van der Waals surface area contributed by atoms with Crippen LogP contribution in [0.3, 0.4) is 0 Å². The summed E-state index contributed by atoms with van der Waals surface area (Å²) >= 11 is 3.32. The van der Waals surface area contributed by atoms with Crippen LogP contribution in [0.2, 0.25) is 0 Å². The van der Waals surface area contributed by atoms with Crippen molar-refractivity contribution >= 4 is 15.9 Å². The molecule has 1 atom stereocenters. The molecular formula is C10H13BrFNO. The highest BCUT2D eigenvalue weighted by atomic mass is 79.9. The van der Waals surface area contributed by atoms with Crippen molar-refractivity contribution in [2.75, 3.05) is 13.3 Å². The minimum absolute atomic E-state index is 0.0656. The van der Waals surface area contributed by atoms with Crippen molar-refractivity contribution in [3.8, 4) is 5.75 Å². The molecule has 0 aliphatic heterocycles. The zero-order valence-corrected chi connectivity index (χ0v) is 9.55. The summed E-state index contributed by atoms with van der Waals surface area (Å²) in [7, 11) is 0. The smallest absolute Gasteiger partial charge is 0.125 e. The van der Waals surface area contributed by atoms with E-state index in [9.17, 15) is 4.39 Å². The number of rotatable bonds is 4. The molecule has 0 aliphatic rings. The van der Waals surface area contributed by atoms with E-state index < -0.39 is 6.67 Å². The highest BCUT2D eigenvalue weighted by Crippen LogP contribution is 2.27. The van der Waals surface area contributed by atoms with Crippen LogP contribution < -0.4 is 10.5 Å². The molecule has 2 N–H and O–H groups in total. The maximum Gasteiger partial charge on any atom is 0.125 e. The third-order valence-electron chi connectivity index (χ3n) is 1.80. The largest absolute Gasteiger partial charge is 0.490 e. The Bertz CT molecular complexity index is 304. The molecule has 1 aromatic rings. The maximum absolute atomic E-state index is 11.9. The van der Waals surface area contributed by atoms with Gasteiger partial charge in [0.1, 0.15) is 19.0 Å². The Morgan fingerprint density at radius 1 is 1.57 bits per heavy atom. The van der Waals surface area contributed by atoms with Gasteiger partial charge in [0.2, 0.25) is 0 Å². The Labute approximate surface area is 91.4 Å². The lowest BCUT2D eigenvalue weighted by molar-refractivity contribution is 0.270. The summed E-state index contributed by atoms with van der Waals surface area (Å²) in [6, 6.07) is 5.45. The topological polar surface area (TPSA) is 35.2 Å². The van der Waals surface area contributed by atoms with E-state index in [1.54, 1.807) is 6.07 Å². The van der Waals surface area contributed by atoms with Crippen LogP contribution in [0, 0.1) is 0 Å². The zero-order chi connectivity index (χ0) is 10.6. The van der Waals surface area contributed by atoms with Gasteiger partial charge in [-0.05, 0) is 19.1 Å². The molecule has 0 saturated carbocycles. The third kappa shape index (κ3) is 2.96. The van der Waals surface area contributed by atoms with Gasteiger partial charge in [0.05, 0.1) is 0 Å². The first-order valence-corrected chi connectivity index (χ1v) is 5.18. The molecule has 0 fully saturated rings. The molecule has 2 nitrogen and oxygen atoms in total. The molecule has 1 rings (SSSR count). The molecule has 14 heavy (non-hydrogen) atoms. The van der Waals surface area contributed by atoms with E-state index in [0.717, 1.165) is 10.0 Å². The van der Waals surface area contributed by atoms with Crippen molar-refractivity contribution in [1.82, 2.24) is 0 Å². The summed E-state index contributed by atoms with van der Waals surface area (Å²) in [4.78, 5) is 0. The van der Waals surface area contributed by atoms with E-state index in [0.29, 0.717) is 5.75 Å². The summed E-state index contributed by atoms with van der Waals surface area (Å²) in [5.74, 6) is 0.645. The molecule has 0 aromatic heterocycles. The van der Waals surface area contributed by atoms with Crippen LogP contribution in [0.5, 0.6) is 5.75 Å². The second-order valence-corrected chi connectivity index (χ2v) is 3.92. The zero-order valence-electron chi connectivity index (χ0n) is 7.97. The number of halogens is 2. The Kier molecular flexibility index (Phi) is 4.35. The van der Waals surface area contributed by atoms with Gasteiger partial charge in [0.25, 0.3) is 0 Å². The molecule has 0 unspecified atom stereocenters. The number of hydrogen-bond acceptors (Lipinski definition) is 2. The molecule has 0 heterocycles. The Morgan fingerprint density at radius 2 is 2.29 bits per heavy atom. The quantitative estimate of drug-likeness (QED) is 0.905. The van der Waals surface area contributed by atoms with Gasteiger partial charge in [-0.3, -0.25) is 0 Å². The minimum atomic E-state index is -0.495. The van der Waals surface area contributed by atoms with Crippen LogP contribution in [-0.2, 0) is 0 Å². The number of benzene rings is 1. The number of ether oxygens (including phenoxy) is 1. The average Bonchev–Trinajstić information content (AvgIpc) is 2.14. The highest BCUT2D eigenvalue weighted by Gasteiger charge is 2.08. The first kappa shape index (κ1) is 11.5. The van der Waals surface area contributed by atoms with Crippen LogP contribution >= 0.6 is 15.9 Å². The maximum atomic E-state index is 11.9. The summed E-state index contributed by atoms with van der Waals surface area (Å²) in [5.41, 5.74) is 6.64. The first-order chi connectivity index (χ1) is 6.65. The molecule has 4 heteroatoms. The molecule has 0 radical (unpaired) electrons. The van der Waals surface area contributed by atoms with Gasteiger partial charge >= 0.3 is 0 Å². The summed E-state index contributed by atoms with van der Waals surface area (Å²) in [6.07, 6.45) is 0. The van der Waals surface area contributed by atoms with Gasteiger partial charge in [0.15, 0.2) is 0 Å². The fourth-order valence-corrected chi connectivity index (χ4v) is 1.50. The van der Waals surface area contributed by atoms with E-state index in [2.05, 4.69) is 15.9 Å². The highest BCUT2D eigenvalue weighted by molar-refractivity contribution is 9.10. The molecule has 0 amide bonds. The molecular weight excluding hydrogens is 249 g/mol. The van der Waals surface area contributed by atoms with E-state index in [1.165, 1.54) is 0 Å². The third-order valence-corrected chi connectivity index (χ3v) is 2.29. The second kappa shape index (κ2) is 5.32. The van der Waals surface area contributed by atoms with Crippen molar-refractivity contribution in [2.45, 2.75) is 13.0 Å². The van der Waals surface area contributed by atoms with Crippen molar-refractivity contribution in [3.05, 3.63) is 28.2 Å². The Balaban J connectivity index is 2.91. The van der Waals surface area contributed by atoms with Crippen molar-refractivity contribution in [2.24, 2.45) is 5.73 Å². The molecule has 0 aliphatic carbocycles. The van der Waals surface area contributed by atoms with Gasteiger partial charge in [-0.25, -0.2) is 4.39 Å². The van der Waals surface area contributed by atoms with E-state index in [-0.39, 0.29) is 12.6 Å². The van der Waals surface area contributed by atoms with E-state index in [4.69, 9.17) is 10.5 Å². The second-order valence-electron chi connectivity index (χ2n) is 3.01. The lowest BCUT2D eigenvalue weighted by atomic mass is 10.1. The first-order valence-electron chi connectivity index (χ1n) is 4.39. The lowest BCUT2D eigenvalue weighted by Crippen LogP contribution is -2.09. The SMILES string of the molecule is C[C@H](N)c1ccc(Br)cc1OCCF. The molecule has 0 spiro atoms. The standard InChI is InChI=1S/C10H13BrFNO/c1-7(13)9-3-2-8(11)6-10(9)14-5-4-12/h2-3,6-7H,4-5,13H2,1H3/t7-/m0/s1. The normalized spacial score (nSPS) is 12.6. The number of alkyl halides is 1. The van der Waals surface area contributed by atoms with Gasteiger partial charge in [0, 0.05) is 16.1 Å². The predicted octanol–water partition coefficient (Wildman–Crippen LogP) is 2.82. The Hall–Kier alpha value is -0.610. The van der Waals surface area contributed by atoms with Gasteiger partial charge < -0.3 is 10.5 Å². The summed E-state index contributed by atoms with van der Waals surface area (Å²) < 4.78 is 18.1. The predicted molar refractivity (Wildman–Crippen MR) is 58.2 cm³/mol. The van der Waals surface area contributed by atoms with Crippen molar-refractivity contribution in [1.29, 1.82) is 0 Å². The van der Waals surface area contributed by atoms with Gasteiger partial charge in [-0.15, -0.1) is 0 Å². The summed E-state index contributed by atoms with van der Waals surface area (Å²) in [5, 5.41) is 0. The van der Waals surface area contributed by atoms with E-state index >= 15 is 0 Å². The summed E-state index contributed by atoms with van der Waals surface area (Å²) in [6.45, 7) is 1.44. The monoisotopic (exact) mass is 261 g/mol. The molecule has 1 aromatic carbocycles. The Morgan fingerprint density at radius 3 is 2.86 bits per heavy atom. The van der Waals surface area contributed by atoms with Crippen LogP contribution in [0.15, 0.2) is 22.7 Å². The molecule has 0 saturated heterocycles.